The molecule has 3 aromatic carbocycles. The molecule has 0 unspecified atom stereocenters. The molecular weight excluding hydrogens is 405 g/mol. The van der Waals surface area contributed by atoms with E-state index in [2.05, 4.69) is 10.5 Å². The van der Waals surface area contributed by atoms with Crippen LogP contribution in [0.25, 0.3) is 10.9 Å². The fraction of sp³-hybridized carbons (Fsp3) is 0.0435. The summed E-state index contributed by atoms with van der Waals surface area (Å²) in [6.45, 7) is 0. The topological polar surface area (TPSA) is 46.4 Å². The predicted molar refractivity (Wildman–Crippen MR) is 119 cm³/mol. The van der Waals surface area contributed by atoms with Crippen LogP contribution in [-0.4, -0.2) is 16.2 Å². The lowest BCUT2D eigenvalue weighted by Gasteiger charge is -2.09. The van der Waals surface area contributed by atoms with Gasteiger partial charge in [-0.15, -0.1) is 0 Å². The van der Waals surface area contributed by atoms with Gasteiger partial charge in [-0.2, -0.15) is 5.10 Å². The number of nitrogens with one attached hydrogen (secondary N) is 1. The number of aromatic nitrogens is 1. The van der Waals surface area contributed by atoms with Crippen molar-refractivity contribution >= 4 is 45.7 Å². The van der Waals surface area contributed by atoms with Gasteiger partial charge in [-0.3, -0.25) is 4.79 Å². The molecule has 0 fully saturated rings. The molecule has 6 heteroatoms. The molecule has 0 spiro atoms. The lowest BCUT2D eigenvalue weighted by Crippen LogP contribution is -2.22. The summed E-state index contributed by atoms with van der Waals surface area (Å²) in [5.41, 5.74) is 6.39. The van der Waals surface area contributed by atoms with Crippen molar-refractivity contribution in [1.29, 1.82) is 0 Å². The second-order valence-corrected chi connectivity index (χ2v) is 7.36. The molecule has 0 aliphatic rings. The maximum absolute atomic E-state index is 12.8. The van der Waals surface area contributed by atoms with Crippen LogP contribution < -0.4 is 5.43 Å². The summed E-state index contributed by atoms with van der Waals surface area (Å²) < 4.78 is 1.85. The predicted octanol–water partition coefficient (Wildman–Crippen LogP) is 5.67. The van der Waals surface area contributed by atoms with Gasteiger partial charge in [0.25, 0.3) is 5.91 Å². The van der Waals surface area contributed by atoms with E-state index in [0.29, 0.717) is 21.5 Å². The van der Waals surface area contributed by atoms with E-state index in [9.17, 15) is 4.79 Å². The van der Waals surface area contributed by atoms with Crippen LogP contribution in [0.4, 0.5) is 0 Å². The summed E-state index contributed by atoms with van der Waals surface area (Å²) in [6.07, 6.45) is 0. The van der Waals surface area contributed by atoms with Gasteiger partial charge in [0.2, 0.25) is 0 Å². The lowest BCUT2D eigenvalue weighted by molar-refractivity contribution is 0.0947. The molecule has 29 heavy (non-hydrogen) atoms. The fourth-order valence-corrected chi connectivity index (χ4v) is 3.50. The van der Waals surface area contributed by atoms with Crippen molar-refractivity contribution in [3.05, 3.63) is 106 Å². The Bertz CT molecular complexity index is 1230. The monoisotopic (exact) mass is 421 g/mol. The van der Waals surface area contributed by atoms with E-state index in [1.807, 2.05) is 78.3 Å². The molecule has 0 saturated carbocycles. The van der Waals surface area contributed by atoms with Gasteiger partial charge in [0.05, 0.1) is 15.8 Å². The number of carbonyl (C=O) groups is 1. The quantitative estimate of drug-likeness (QED) is 0.335. The number of aryl methyl sites for hydroxylation is 1. The van der Waals surface area contributed by atoms with Crippen LogP contribution in [0.15, 0.2) is 84.0 Å². The highest BCUT2D eigenvalue weighted by Crippen LogP contribution is 2.24. The van der Waals surface area contributed by atoms with Crippen LogP contribution in [-0.2, 0) is 7.05 Å². The normalized spacial score (nSPS) is 11.6. The Balaban J connectivity index is 1.71. The first-order valence-corrected chi connectivity index (χ1v) is 9.73. The Kier molecular flexibility index (Phi) is 5.38. The molecule has 1 N–H and O–H groups in total. The summed E-state index contributed by atoms with van der Waals surface area (Å²) in [7, 11) is 1.86. The summed E-state index contributed by atoms with van der Waals surface area (Å²) in [4.78, 5) is 12.8. The molecule has 0 bridgehead atoms. The number of benzene rings is 3. The van der Waals surface area contributed by atoms with Crippen molar-refractivity contribution in [2.75, 3.05) is 0 Å². The van der Waals surface area contributed by atoms with Crippen molar-refractivity contribution in [1.82, 2.24) is 9.99 Å². The van der Waals surface area contributed by atoms with E-state index in [1.165, 1.54) is 0 Å². The second-order valence-electron chi connectivity index (χ2n) is 6.54. The SMILES string of the molecule is Cn1c(C(=O)N/N=C(\c2ccccc2)c2ccc(Cl)c(Cl)c2)cc2ccccc21. The van der Waals surface area contributed by atoms with Gasteiger partial charge in [0, 0.05) is 29.1 Å². The largest absolute Gasteiger partial charge is 0.340 e. The molecule has 144 valence electrons. The van der Waals surface area contributed by atoms with E-state index >= 15 is 0 Å². The van der Waals surface area contributed by atoms with Gasteiger partial charge >= 0.3 is 0 Å². The third-order valence-corrected chi connectivity index (χ3v) is 5.43. The number of halogens is 2. The first-order valence-electron chi connectivity index (χ1n) is 8.98. The van der Waals surface area contributed by atoms with Crippen molar-refractivity contribution in [3.8, 4) is 0 Å². The molecule has 0 saturated heterocycles. The van der Waals surface area contributed by atoms with Crippen LogP contribution in [0.3, 0.4) is 0 Å². The summed E-state index contributed by atoms with van der Waals surface area (Å²) in [5, 5.41) is 6.31. The third kappa shape index (κ3) is 3.90. The van der Waals surface area contributed by atoms with Gasteiger partial charge in [-0.25, -0.2) is 5.43 Å². The lowest BCUT2D eigenvalue weighted by atomic mass is 10.0. The number of amides is 1. The van der Waals surface area contributed by atoms with Gasteiger partial charge in [0.1, 0.15) is 5.69 Å². The first-order chi connectivity index (χ1) is 14.0. The number of rotatable bonds is 4. The number of fused-ring (bicyclic) bond motifs is 1. The summed E-state index contributed by atoms with van der Waals surface area (Å²) >= 11 is 12.2. The van der Waals surface area contributed by atoms with Crippen LogP contribution >= 0.6 is 23.2 Å². The van der Waals surface area contributed by atoms with Crippen molar-refractivity contribution in [2.24, 2.45) is 12.1 Å². The van der Waals surface area contributed by atoms with E-state index in [0.717, 1.165) is 22.0 Å². The molecule has 4 rings (SSSR count). The van der Waals surface area contributed by atoms with Crippen molar-refractivity contribution < 1.29 is 4.79 Å². The molecule has 0 atom stereocenters. The van der Waals surface area contributed by atoms with Crippen LogP contribution in [0.1, 0.15) is 21.6 Å². The zero-order valence-electron chi connectivity index (χ0n) is 15.6. The fourth-order valence-electron chi connectivity index (χ4n) is 3.21. The van der Waals surface area contributed by atoms with Crippen molar-refractivity contribution in [2.45, 2.75) is 0 Å². The van der Waals surface area contributed by atoms with E-state index in [4.69, 9.17) is 23.2 Å². The third-order valence-electron chi connectivity index (χ3n) is 4.69. The smallest absolute Gasteiger partial charge is 0.288 e. The molecule has 0 aliphatic heterocycles. The second kappa shape index (κ2) is 8.11. The van der Waals surface area contributed by atoms with E-state index in [1.54, 1.807) is 12.1 Å². The molecule has 1 heterocycles. The maximum Gasteiger partial charge on any atom is 0.288 e. The number of para-hydroxylation sites is 1. The summed E-state index contributed by atoms with van der Waals surface area (Å²) in [6, 6.07) is 24.5. The number of hydrogen-bond donors (Lipinski definition) is 1. The minimum absolute atomic E-state index is 0.294. The maximum atomic E-state index is 12.8. The Morgan fingerprint density at radius 2 is 1.59 bits per heavy atom. The molecule has 1 aromatic heterocycles. The number of hydrogen-bond acceptors (Lipinski definition) is 2. The zero-order valence-corrected chi connectivity index (χ0v) is 17.1. The standard InChI is InChI=1S/C23H17Cl2N3O/c1-28-20-10-6-5-9-16(20)14-21(28)23(29)27-26-22(15-7-3-2-4-8-15)17-11-12-18(24)19(25)13-17/h2-14H,1H3,(H,27,29)/b26-22+. The number of nitrogens with zero attached hydrogens (tertiary/aromatic N) is 2. The summed E-state index contributed by atoms with van der Waals surface area (Å²) in [5.74, 6) is -0.294. The molecular formula is C23H17Cl2N3O. The van der Waals surface area contributed by atoms with Gasteiger partial charge in [0.15, 0.2) is 0 Å². The Labute approximate surface area is 178 Å². The average Bonchev–Trinajstić information content (AvgIpc) is 3.08. The van der Waals surface area contributed by atoms with Gasteiger partial charge in [-0.1, -0.05) is 77.8 Å². The minimum Gasteiger partial charge on any atom is -0.340 e. The average molecular weight is 422 g/mol. The molecule has 0 radical (unpaired) electrons. The molecule has 4 aromatic rings. The molecule has 1 amide bonds. The van der Waals surface area contributed by atoms with Crippen LogP contribution in [0, 0.1) is 0 Å². The first kappa shape index (κ1) is 19.2. The Morgan fingerprint density at radius 1 is 0.862 bits per heavy atom. The van der Waals surface area contributed by atoms with Gasteiger partial charge < -0.3 is 4.57 Å². The minimum atomic E-state index is -0.294. The van der Waals surface area contributed by atoms with Crippen molar-refractivity contribution in [3.63, 3.8) is 0 Å². The number of carbonyl (C=O) groups excluding carboxylic acids is 1. The Morgan fingerprint density at radius 3 is 2.31 bits per heavy atom. The molecule has 4 nitrogen and oxygen atoms in total. The Hall–Kier alpha value is -3.08. The highest BCUT2D eigenvalue weighted by molar-refractivity contribution is 6.42. The highest BCUT2D eigenvalue weighted by atomic mass is 35.5. The number of hydrazone groups is 1. The van der Waals surface area contributed by atoms with Crippen LogP contribution in [0.5, 0.6) is 0 Å². The van der Waals surface area contributed by atoms with E-state index in [-0.39, 0.29) is 5.91 Å². The van der Waals surface area contributed by atoms with E-state index < -0.39 is 0 Å². The zero-order chi connectivity index (χ0) is 20.4. The highest BCUT2D eigenvalue weighted by Gasteiger charge is 2.14. The molecule has 0 aliphatic carbocycles. The van der Waals surface area contributed by atoms with Gasteiger partial charge in [-0.05, 0) is 24.3 Å². The van der Waals surface area contributed by atoms with Crippen LogP contribution in [0.2, 0.25) is 10.0 Å².